The summed E-state index contributed by atoms with van der Waals surface area (Å²) < 4.78 is 6.08. The second-order valence-corrected chi connectivity index (χ2v) is 5.58. The number of hydrogen-bond acceptors (Lipinski definition) is 5. The van der Waals surface area contributed by atoms with Crippen LogP contribution in [-0.4, -0.2) is 16.2 Å². The zero-order chi connectivity index (χ0) is 16.4. The van der Waals surface area contributed by atoms with Gasteiger partial charge in [-0.05, 0) is 51.4 Å². The van der Waals surface area contributed by atoms with Crippen molar-refractivity contribution in [3.8, 4) is 5.75 Å². The smallest absolute Gasteiger partial charge is 0.268 e. The van der Waals surface area contributed by atoms with E-state index in [0.717, 1.165) is 4.47 Å². The van der Waals surface area contributed by atoms with Crippen LogP contribution in [0.4, 0.5) is 5.69 Å². The molecule has 0 unspecified atom stereocenters. The molecule has 1 aromatic heterocycles. The van der Waals surface area contributed by atoms with Crippen molar-refractivity contribution in [2.75, 3.05) is 5.32 Å². The number of nitrogens with zero attached hydrogens (tertiary/aromatic N) is 1. The number of para-hydroxylation sites is 1. The summed E-state index contributed by atoms with van der Waals surface area (Å²) in [7, 11) is 0. The molecule has 1 amide bonds. The molecule has 1 heterocycles. The van der Waals surface area contributed by atoms with Crippen LogP contribution in [-0.2, 0) is 0 Å². The van der Waals surface area contributed by atoms with Crippen molar-refractivity contribution >= 4 is 38.5 Å². The molecule has 0 aliphatic heterocycles. The summed E-state index contributed by atoms with van der Waals surface area (Å²) in [6, 6.07) is 13.1. The van der Waals surface area contributed by atoms with Gasteiger partial charge < -0.3 is 20.0 Å². The molecular weight excluding hydrogens is 364 g/mol. The Morgan fingerprint density at radius 2 is 1.96 bits per heavy atom. The molecule has 3 aromatic rings. The number of nitrogens with one attached hydrogen (secondary N) is 1. The Bertz CT molecular complexity index is 966. The fourth-order valence-corrected chi connectivity index (χ4v) is 2.48. The third kappa shape index (κ3) is 3.04. The van der Waals surface area contributed by atoms with E-state index in [1.54, 1.807) is 24.3 Å². The first-order chi connectivity index (χ1) is 11.1. The van der Waals surface area contributed by atoms with Gasteiger partial charge in [0.05, 0.1) is 5.69 Å². The number of phenolic OH excluding ortho intramolecular Hbond substituents is 1. The van der Waals surface area contributed by atoms with Crippen LogP contribution in [0.2, 0.25) is 0 Å². The first-order valence-corrected chi connectivity index (χ1v) is 7.38. The highest BCUT2D eigenvalue weighted by molar-refractivity contribution is 9.10. The maximum absolute atomic E-state index is 12.4. The van der Waals surface area contributed by atoms with Gasteiger partial charge in [-0.15, -0.1) is 0 Å². The van der Waals surface area contributed by atoms with E-state index >= 15 is 0 Å². The van der Waals surface area contributed by atoms with Crippen molar-refractivity contribution in [2.24, 2.45) is 5.16 Å². The number of benzene rings is 2. The topological polar surface area (TPSA) is 95.1 Å². The molecule has 6 nitrogen and oxygen atoms in total. The second-order valence-electron chi connectivity index (χ2n) is 4.72. The summed E-state index contributed by atoms with van der Waals surface area (Å²) in [4.78, 5) is 12.4. The third-order valence-electron chi connectivity index (χ3n) is 3.19. The molecule has 0 fully saturated rings. The maximum Gasteiger partial charge on any atom is 0.268 e. The Morgan fingerprint density at radius 1 is 1.17 bits per heavy atom. The minimum atomic E-state index is -0.483. The summed E-state index contributed by atoms with van der Waals surface area (Å²) in [5.74, 6) is -0.473. The summed E-state index contributed by atoms with van der Waals surface area (Å²) in [5, 5.41) is 24.9. The molecule has 0 aliphatic rings. The highest BCUT2D eigenvalue weighted by atomic mass is 79.9. The Balaban J connectivity index is 2.06. The molecular formula is C16H11BrN2O4. The molecule has 2 aromatic carbocycles. The highest BCUT2D eigenvalue weighted by Gasteiger charge is 2.14. The van der Waals surface area contributed by atoms with E-state index in [1.165, 1.54) is 18.2 Å². The lowest BCUT2D eigenvalue weighted by Crippen LogP contribution is -2.21. The van der Waals surface area contributed by atoms with Gasteiger partial charge in [-0.1, -0.05) is 12.1 Å². The van der Waals surface area contributed by atoms with E-state index in [1.807, 2.05) is 6.07 Å². The largest absolute Gasteiger partial charge is 0.508 e. The maximum atomic E-state index is 12.4. The predicted octanol–water partition coefficient (Wildman–Crippen LogP) is 3.44. The number of carbonyl (C=O) groups excluding carboxylic acids is 1. The molecule has 0 bridgehead atoms. The van der Waals surface area contributed by atoms with E-state index in [4.69, 9.17) is 9.62 Å². The Kier molecular flexibility index (Phi) is 4.03. The van der Waals surface area contributed by atoms with Crippen molar-refractivity contribution in [1.29, 1.82) is 0 Å². The van der Waals surface area contributed by atoms with Crippen molar-refractivity contribution in [2.45, 2.75) is 0 Å². The highest BCUT2D eigenvalue weighted by Crippen LogP contribution is 2.23. The van der Waals surface area contributed by atoms with Gasteiger partial charge in [0.2, 0.25) is 0 Å². The van der Waals surface area contributed by atoms with Crippen LogP contribution in [0.1, 0.15) is 10.4 Å². The number of anilines is 1. The first-order valence-electron chi connectivity index (χ1n) is 6.59. The Morgan fingerprint density at radius 3 is 2.70 bits per heavy atom. The molecule has 0 atom stereocenters. The average Bonchev–Trinajstić information content (AvgIpc) is 2.55. The lowest BCUT2D eigenvalue weighted by atomic mass is 10.1. The van der Waals surface area contributed by atoms with E-state index < -0.39 is 5.91 Å². The van der Waals surface area contributed by atoms with Crippen LogP contribution in [0.3, 0.4) is 0 Å². The van der Waals surface area contributed by atoms with Gasteiger partial charge in [0.25, 0.3) is 11.5 Å². The minimum absolute atomic E-state index is 0.00978. The Labute approximate surface area is 138 Å². The summed E-state index contributed by atoms with van der Waals surface area (Å²) in [6.07, 6.45) is 0. The summed E-state index contributed by atoms with van der Waals surface area (Å²) in [6.45, 7) is 0. The molecule has 0 saturated carbocycles. The first kappa shape index (κ1) is 15.1. The van der Waals surface area contributed by atoms with Crippen LogP contribution in [0.5, 0.6) is 5.75 Å². The lowest BCUT2D eigenvalue weighted by Gasteiger charge is -2.08. The number of carbonyl (C=O) groups is 1. The van der Waals surface area contributed by atoms with Crippen LogP contribution in [0.25, 0.3) is 11.0 Å². The standard InChI is InChI=1S/C16H11BrN2O4/c17-12-3-1-2-4-13(12)18-15(21)11-7-9-5-6-10(20)8-14(9)23-16(11)19-22/h1-8,20,22H,(H,18,21)/b19-16-. The lowest BCUT2D eigenvalue weighted by molar-refractivity contribution is 0.102. The number of halogens is 1. The molecule has 3 N–H and O–H groups in total. The number of hydrogen-bond donors (Lipinski definition) is 3. The van der Waals surface area contributed by atoms with E-state index in [9.17, 15) is 9.90 Å². The van der Waals surface area contributed by atoms with Crippen molar-refractivity contribution in [3.63, 3.8) is 0 Å². The predicted molar refractivity (Wildman–Crippen MR) is 87.3 cm³/mol. The van der Waals surface area contributed by atoms with Crippen molar-refractivity contribution in [3.05, 3.63) is 64.1 Å². The molecule has 0 saturated heterocycles. The summed E-state index contributed by atoms with van der Waals surface area (Å²) >= 11 is 3.34. The van der Waals surface area contributed by atoms with Gasteiger partial charge >= 0.3 is 0 Å². The fourth-order valence-electron chi connectivity index (χ4n) is 2.10. The van der Waals surface area contributed by atoms with Crippen molar-refractivity contribution < 1.29 is 19.5 Å². The van der Waals surface area contributed by atoms with Gasteiger partial charge in [-0.2, -0.15) is 0 Å². The van der Waals surface area contributed by atoms with Crippen LogP contribution in [0, 0.1) is 0 Å². The van der Waals surface area contributed by atoms with Crippen LogP contribution < -0.4 is 10.9 Å². The number of phenols is 1. The van der Waals surface area contributed by atoms with Gasteiger partial charge in [0.15, 0.2) is 0 Å². The molecule has 0 radical (unpaired) electrons. The zero-order valence-electron chi connectivity index (χ0n) is 11.7. The number of rotatable bonds is 2. The Hall–Kier alpha value is -2.80. The van der Waals surface area contributed by atoms with E-state index in [2.05, 4.69) is 26.4 Å². The summed E-state index contributed by atoms with van der Waals surface area (Å²) in [5.41, 5.74) is 0.705. The molecule has 0 aliphatic carbocycles. The number of fused-ring (bicyclic) bond motifs is 1. The van der Waals surface area contributed by atoms with Gasteiger partial charge in [0, 0.05) is 15.9 Å². The van der Waals surface area contributed by atoms with Gasteiger partial charge in [0.1, 0.15) is 16.9 Å². The molecule has 0 spiro atoms. The number of aromatic hydroxyl groups is 1. The second kappa shape index (κ2) is 6.13. The van der Waals surface area contributed by atoms with Gasteiger partial charge in [-0.25, -0.2) is 0 Å². The molecule has 23 heavy (non-hydrogen) atoms. The molecule has 7 heteroatoms. The normalized spacial score (nSPS) is 11.6. The van der Waals surface area contributed by atoms with Crippen molar-refractivity contribution in [1.82, 2.24) is 0 Å². The van der Waals surface area contributed by atoms with Crippen LogP contribution >= 0.6 is 15.9 Å². The van der Waals surface area contributed by atoms with Gasteiger partial charge in [-0.3, -0.25) is 4.79 Å². The minimum Gasteiger partial charge on any atom is -0.508 e. The van der Waals surface area contributed by atoms with E-state index in [0.29, 0.717) is 16.7 Å². The zero-order valence-corrected chi connectivity index (χ0v) is 13.2. The SMILES string of the molecule is O=C(Nc1ccccc1Br)c1cc2ccc(O)cc2o/c1=N\O. The third-order valence-corrected chi connectivity index (χ3v) is 3.88. The monoisotopic (exact) mass is 374 g/mol. The number of amides is 1. The quantitative estimate of drug-likeness (QED) is 0.472. The van der Waals surface area contributed by atoms with Crippen LogP contribution in [0.15, 0.2) is 62.6 Å². The molecule has 3 rings (SSSR count). The molecule has 116 valence electrons. The van der Waals surface area contributed by atoms with E-state index in [-0.39, 0.29) is 16.9 Å². The average molecular weight is 375 g/mol. The fraction of sp³-hybridized carbons (Fsp3) is 0.